The number of aromatic nitrogens is 1. The summed E-state index contributed by atoms with van der Waals surface area (Å²) in [6, 6.07) is 17.8. The number of nitrogens with zero attached hydrogens (tertiary/aromatic N) is 6. The summed E-state index contributed by atoms with van der Waals surface area (Å²) in [7, 11) is 0. The Bertz CT molecular complexity index is 1510. The van der Waals surface area contributed by atoms with Crippen molar-refractivity contribution < 1.29 is 14.3 Å². The fourth-order valence-electron chi connectivity index (χ4n) is 4.80. The maximum absolute atomic E-state index is 11.0. The highest BCUT2D eigenvalue weighted by molar-refractivity contribution is 7.30. The van der Waals surface area contributed by atoms with Crippen LogP contribution in [0.1, 0.15) is 71.6 Å². The summed E-state index contributed by atoms with van der Waals surface area (Å²) >= 11 is 2.98. The summed E-state index contributed by atoms with van der Waals surface area (Å²) in [4.78, 5) is 18.8. The van der Waals surface area contributed by atoms with Gasteiger partial charge in [0.2, 0.25) is 5.13 Å². The van der Waals surface area contributed by atoms with Crippen molar-refractivity contribution in [1.29, 1.82) is 0 Å². The second kappa shape index (κ2) is 19.5. The van der Waals surface area contributed by atoms with Crippen molar-refractivity contribution in [3.63, 3.8) is 0 Å². The Hall–Kier alpha value is -3.96. The predicted molar refractivity (Wildman–Crippen MR) is 190 cm³/mol. The molecule has 0 aliphatic carbocycles. The van der Waals surface area contributed by atoms with E-state index in [9.17, 15) is 4.79 Å². The van der Waals surface area contributed by atoms with Gasteiger partial charge in [0, 0.05) is 24.9 Å². The lowest BCUT2D eigenvalue weighted by Gasteiger charge is -2.20. The molecule has 0 aliphatic rings. The number of thiazole rings is 1. The number of rotatable bonds is 21. The Morgan fingerprint density at radius 2 is 1.37 bits per heavy atom. The average molecular weight is 661 g/mol. The van der Waals surface area contributed by atoms with Crippen molar-refractivity contribution in [2.45, 2.75) is 71.6 Å². The fraction of sp³-hybridized carbons (Fsp3) is 0.429. The van der Waals surface area contributed by atoms with Crippen LogP contribution >= 0.6 is 22.7 Å². The molecule has 2 aromatic carbocycles. The van der Waals surface area contributed by atoms with E-state index in [2.05, 4.69) is 62.9 Å². The lowest BCUT2D eigenvalue weighted by atomic mass is 10.1. The summed E-state index contributed by atoms with van der Waals surface area (Å²) in [5, 5.41) is 18.9. The zero-order chi connectivity index (χ0) is 32.4. The van der Waals surface area contributed by atoms with E-state index < -0.39 is 0 Å². The summed E-state index contributed by atoms with van der Waals surface area (Å²) in [5.74, 6) is 0.513. The lowest BCUT2D eigenvalue weighted by molar-refractivity contribution is -0.137. The van der Waals surface area contributed by atoms with Crippen LogP contribution in [0, 0.1) is 0 Å². The smallest absolute Gasteiger partial charge is 0.330 e. The molecule has 0 radical (unpaired) electrons. The van der Waals surface area contributed by atoms with Crippen molar-refractivity contribution in [2.24, 2.45) is 20.5 Å². The summed E-state index contributed by atoms with van der Waals surface area (Å²) < 4.78 is 11.9. The van der Waals surface area contributed by atoms with E-state index in [1.807, 2.05) is 42.5 Å². The molecule has 0 spiro atoms. The molecular formula is C35H44N6O3S2. The van der Waals surface area contributed by atoms with Gasteiger partial charge in [0.1, 0.15) is 15.6 Å². The number of fused-ring (bicyclic) bond motifs is 1. The van der Waals surface area contributed by atoms with Crippen molar-refractivity contribution in [3.8, 4) is 5.75 Å². The van der Waals surface area contributed by atoms with Crippen LogP contribution in [0.25, 0.3) is 9.53 Å². The number of hydrogen-bond donors (Lipinski definition) is 0. The van der Waals surface area contributed by atoms with Gasteiger partial charge in [0.05, 0.1) is 29.3 Å². The first-order chi connectivity index (χ1) is 22.6. The Kier molecular flexibility index (Phi) is 14.8. The Balaban J connectivity index is 1.10. The van der Waals surface area contributed by atoms with Crippen molar-refractivity contribution in [1.82, 2.24) is 4.98 Å². The van der Waals surface area contributed by atoms with Gasteiger partial charge < -0.3 is 14.4 Å². The van der Waals surface area contributed by atoms with Crippen LogP contribution < -0.4 is 9.64 Å². The number of benzene rings is 2. The van der Waals surface area contributed by atoms with Crippen LogP contribution in [-0.2, 0) is 9.53 Å². The van der Waals surface area contributed by atoms with E-state index in [0.29, 0.717) is 18.3 Å². The number of anilines is 1. The molecule has 4 rings (SSSR count). The molecule has 0 aliphatic heterocycles. The fourth-order valence-corrected chi connectivity index (χ4v) is 6.65. The molecule has 0 saturated heterocycles. The molecule has 0 saturated carbocycles. The highest BCUT2D eigenvalue weighted by Crippen LogP contribution is 2.39. The van der Waals surface area contributed by atoms with Crippen LogP contribution in [0.2, 0.25) is 0 Å². The second-order valence-corrected chi connectivity index (χ2v) is 12.8. The zero-order valence-corrected chi connectivity index (χ0v) is 28.5. The third kappa shape index (κ3) is 11.8. The molecule has 0 amide bonds. The van der Waals surface area contributed by atoms with Crippen LogP contribution in [0.4, 0.5) is 27.2 Å². The third-order valence-corrected chi connectivity index (χ3v) is 9.29. The Morgan fingerprint density at radius 3 is 1.98 bits per heavy atom. The van der Waals surface area contributed by atoms with E-state index in [0.717, 1.165) is 64.0 Å². The van der Waals surface area contributed by atoms with Gasteiger partial charge in [0.25, 0.3) is 0 Å². The number of unbranched alkanes of at least 4 members (excludes halogenated alkanes) is 8. The van der Waals surface area contributed by atoms with Gasteiger partial charge in [-0.05, 0) is 81.3 Å². The van der Waals surface area contributed by atoms with Gasteiger partial charge in [-0.25, -0.2) is 9.78 Å². The maximum Gasteiger partial charge on any atom is 0.330 e. The summed E-state index contributed by atoms with van der Waals surface area (Å²) in [6.07, 6.45) is 11.6. The highest BCUT2D eigenvalue weighted by Gasteiger charge is 2.09. The molecule has 46 heavy (non-hydrogen) atoms. The minimum absolute atomic E-state index is 0.334. The van der Waals surface area contributed by atoms with Gasteiger partial charge in [-0.3, -0.25) is 0 Å². The quantitative estimate of drug-likeness (QED) is 0.0383. The van der Waals surface area contributed by atoms with Gasteiger partial charge in [-0.1, -0.05) is 74.2 Å². The van der Waals surface area contributed by atoms with E-state index in [-0.39, 0.29) is 5.97 Å². The van der Waals surface area contributed by atoms with Crippen LogP contribution in [0.15, 0.2) is 87.7 Å². The number of ether oxygens (including phenoxy) is 2. The largest absolute Gasteiger partial charge is 0.494 e. The molecule has 2 heterocycles. The Labute approximate surface area is 280 Å². The standard InChI is InChI=1S/C35H44N6O3S2/c1-4-33(42)44-25-15-13-11-9-7-8-10-12-14-24-43-30-22-18-28(19-23-30)37-39-32-26-31-34(46-32)36-35(45-31)40-38-27-16-20-29(21-17-27)41(5-2)6-3/h4,16-23,26H,1,5-15,24-25H2,2-3H3. The summed E-state index contributed by atoms with van der Waals surface area (Å²) in [5.41, 5.74) is 2.76. The van der Waals surface area contributed by atoms with Gasteiger partial charge in [-0.15, -0.1) is 20.5 Å². The molecule has 0 atom stereocenters. The minimum Gasteiger partial charge on any atom is -0.494 e. The molecule has 244 valence electrons. The monoisotopic (exact) mass is 660 g/mol. The molecule has 0 unspecified atom stereocenters. The highest BCUT2D eigenvalue weighted by atomic mass is 32.1. The molecular weight excluding hydrogens is 617 g/mol. The van der Waals surface area contributed by atoms with Gasteiger partial charge in [-0.2, -0.15) is 0 Å². The molecule has 0 fully saturated rings. The molecule has 9 nitrogen and oxygen atoms in total. The zero-order valence-electron chi connectivity index (χ0n) is 26.9. The second-order valence-electron chi connectivity index (χ2n) is 10.7. The topological polar surface area (TPSA) is 101 Å². The molecule has 0 bridgehead atoms. The third-order valence-electron chi connectivity index (χ3n) is 7.36. The average Bonchev–Trinajstić information content (AvgIpc) is 3.65. The van der Waals surface area contributed by atoms with Gasteiger partial charge in [0.15, 0.2) is 0 Å². The molecule has 11 heteroatoms. The first-order valence-corrected chi connectivity index (χ1v) is 17.8. The minimum atomic E-state index is -0.334. The van der Waals surface area contributed by atoms with Crippen LogP contribution in [0.3, 0.4) is 0 Å². The number of esters is 1. The summed E-state index contributed by atoms with van der Waals surface area (Å²) in [6.45, 7) is 10.9. The number of carbonyl (C=O) groups excluding carboxylic acids is 1. The van der Waals surface area contributed by atoms with Crippen LogP contribution in [-0.4, -0.2) is 37.3 Å². The van der Waals surface area contributed by atoms with E-state index in [1.54, 1.807) is 0 Å². The van der Waals surface area contributed by atoms with Crippen molar-refractivity contribution >= 4 is 65.4 Å². The normalized spacial score (nSPS) is 11.5. The first kappa shape index (κ1) is 34.9. The lowest BCUT2D eigenvalue weighted by Crippen LogP contribution is -2.21. The van der Waals surface area contributed by atoms with E-state index in [1.165, 1.54) is 73.0 Å². The van der Waals surface area contributed by atoms with E-state index >= 15 is 0 Å². The number of carbonyl (C=O) groups is 1. The number of thiophene rings is 1. The van der Waals surface area contributed by atoms with Crippen LogP contribution in [0.5, 0.6) is 5.75 Å². The van der Waals surface area contributed by atoms with E-state index in [4.69, 9.17) is 9.47 Å². The predicted octanol–water partition coefficient (Wildman–Crippen LogP) is 11.7. The maximum atomic E-state index is 11.0. The molecule has 4 aromatic rings. The van der Waals surface area contributed by atoms with Crippen molar-refractivity contribution in [3.05, 3.63) is 67.3 Å². The Morgan fingerprint density at radius 1 is 0.783 bits per heavy atom. The first-order valence-electron chi connectivity index (χ1n) is 16.2. The SMILES string of the molecule is C=CC(=O)OCCCCCCCCCCCOc1ccc(N=Nc2cc3sc(N=Nc4ccc(N(CC)CC)cc4)nc3s2)cc1. The number of azo groups is 2. The van der Waals surface area contributed by atoms with Gasteiger partial charge >= 0.3 is 5.97 Å². The number of hydrogen-bond acceptors (Lipinski definition) is 11. The molecule has 2 aromatic heterocycles. The van der Waals surface area contributed by atoms with Crippen molar-refractivity contribution in [2.75, 3.05) is 31.2 Å². The molecule has 0 N–H and O–H groups in total.